The molecule has 0 rings (SSSR count). The number of hydrogen-bond donors (Lipinski definition) is 0. The molecule has 0 amide bonds. The van der Waals surface area contributed by atoms with Crippen LogP contribution >= 0.6 is 0 Å². The first-order chi connectivity index (χ1) is 17.7. The van der Waals surface area contributed by atoms with Crippen LogP contribution in [0.4, 0.5) is 0 Å². The highest BCUT2D eigenvalue weighted by Gasteiger charge is 2.16. The average Bonchev–Trinajstić information content (AvgIpc) is 2.88. The molecular formula is C27H52O9. The van der Waals surface area contributed by atoms with Crippen LogP contribution in [0.15, 0.2) is 0 Å². The molecule has 0 radical (unpaired) electrons. The predicted octanol–water partition coefficient (Wildman–Crippen LogP) is 4.34. The van der Waals surface area contributed by atoms with Gasteiger partial charge in [0.2, 0.25) is 0 Å². The Morgan fingerprint density at radius 1 is 0.528 bits per heavy atom. The second-order valence-corrected chi connectivity index (χ2v) is 8.51. The summed E-state index contributed by atoms with van der Waals surface area (Å²) in [5.74, 6) is -0.272. The summed E-state index contributed by atoms with van der Waals surface area (Å²) in [4.78, 5) is 23.5. The topological polar surface area (TPSA) is 98.8 Å². The lowest BCUT2D eigenvalue weighted by molar-refractivity contribution is -0.150. The quantitative estimate of drug-likeness (QED) is 0.110. The summed E-state index contributed by atoms with van der Waals surface area (Å²) in [6.45, 7) is 11.4. The number of carbonyl (C=O) groups excluding carboxylic acids is 2. The summed E-state index contributed by atoms with van der Waals surface area (Å²) >= 11 is 0. The SMILES string of the molecule is CCCCCCC(=O)OCCOCCOCCOCCOCCOCCOC(=O)C(CC)CCCC. The predicted molar refractivity (Wildman–Crippen MR) is 138 cm³/mol. The first-order valence-corrected chi connectivity index (χ1v) is 13.9. The molecule has 0 bridgehead atoms. The molecule has 9 nitrogen and oxygen atoms in total. The second-order valence-electron chi connectivity index (χ2n) is 8.51. The molecule has 0 aliphatic carbocycles. The van der Waals surface area contributed by atoms with E-state index in [1.54, 1.807) is 0 Å². The van der Waals surface area contributed by atoms with Gasteiger partial charge in [-0.3, -0.25) is 9.59 Å². The smallest absolute Gasteiger partial charge is 0.308 e. The fraction of sp³-hybridized carbons (Fsp3) is 0.926. The Morgan fingerprint density at radius 3 is 1.42 bits per heavy atom. The average molecular weight is 521 g/mol. The van der Waals surface area contributed by atoms with Crippen molar-refractivity contribution in [2.24, 2.45) is 5.92 Å². The van der Waals surface area contributed by atoms with E-state index in [1.165, 1.54) is 0 Å². The van der Waals surface area contributed by atoms with E-state index in [0.717, 1.165) is 51.4 Å². The minimum absolute atomic E-state index is 0.000263. The van der Waals surface area contributed by atoms with Crippen molar-refractivity contribution in [1.29, 1.82) is 0 Å². The summed E-state index contributed by atoms with van der Waals surface area (Å²) in [5, 5.41) is 0. The Balaban J connectivity index is 3.25. The van der Waals surface area contributed by atoms with Gasteiger partial charge >= 0.3 is 11.9 Å². The molecule has 1 unspecified atom stereocenters. The Kier molecular flexibility index (Phi) is 27.3. The molecule has 0 aromatic heterocycles. The van der Waals surface area contributed by atoms with Gasteiger partial charge in [0.15, 0.2) is 0 Å². The zero-order valence-electron chi connectivity index (χ0n) is 23.1. The molecule has 0 spiro atoms. The highest BCUT2D eigenvalue weighted by molar-refractivity contribution is 5.72. The van der Waals surface area contributed by atoms with E-state index in [2.05, 4.69) is 13.8 Å². The Labute approximate surface area is 218 Å². The van der Waals surface area contributed by atoms with Gasteiger partial charge in [-0.1, -0.05) is 52.9 Å². The van der Waals surface area contributed by atoms with Crippen LogP contribution in [0.2, 0.25) is 0 Å². The molecule has 0 saturated heterocycles. The number of unbranched alkanes of at least 4 members (excludes halogenated alkanes) is 4. The van der Waals surface area contributed by atoms with Gasteiger partial charge in [-0.25, -0.2) is 0 Å². The minimum Gasteiger partial charge on any atom is -0.463 e. The highest BCUT2D eigenvalue weighted by atomic mass is 16.6. The van der Waals surface area contributed by atoms with Gasteiger partial charge < -0.3 is 33.2 Å². The summed E-state index contributed by atoms with van der Waals surface area (Å²) in [7, 11) is 0. The zero-order chi connectivity index (χ0) is 26.5. The first-order valence-electron chi connectivity index (χ1n) is 13.9. The third-order valence-electron chi connectivity index (χ3n) is 5.42. The maximum atomic E-state index is 12.0. The monoisotopic (exact) mass is 520 g/mol. The second kappa shape index (κ2) is 28.3. The summed E-state index contributed by atoms with van der Waals surface area (Å²) in [6.07, 6.45) is 8.61. The number of carbonyl (C=O) groups is 2. The molecular weight excluding hydrogens is 468 g/mol. The van der Waals surface area contributed by atoms with Crippen LogP contribution in [0.1, 0.15) is 78.6 Å². The van der Waals surface area contributed by atoms with Crippen LogP contribution in [0.3, 0.4) is 0 Å². The van der Waals surface area contributed by atoms with Gasteiger partial charge in [-0.2, -0.15) is 0 Å². The van der Waals surface area contributed by atoms with Crippen LogP contribution < -0.4 is 0 Å². The molecule has 0 aromatic rings. The Morgan fingerprint density at radius 2 is 0.972 bits per heavy atom. The molecule has 0 aliphatic heterocycles. The lowest BCUT2D eigenvalue weighted by Crippen LogP contribution is -2.20. The van der Waals surface area contributed by atoms with Crippen LogP contribution in [-0.2, 0) is 42.7 Å². The van der Waals surface area contributed by atoms with E-state index in [4.69, 9.17) is 33.2 Å². The fourth-order valence-electron chi connectivity index (χ4n) is 3.22. The summed E-state index contributed by atoms with van der Waals surface area (Å²) in [6, 6.07) is 0. The maximum Gasteiger partial charge on any atom is 0.308 e. The van der Waals surface area contributed by atoms with Crippen molar-refractivity contribution in [1.82, 2.24) is 0 Å². The van der Waals surface area contributed by atoms with E-state index in [-0.39, 0.29) is 31.1 Å². The van der Waals surface area contributed by atoms with Crippen LogP contribution in [-0.4, -0.2) is 91.2 Å². The summed E-state index contributed by atoms with van der Waals surface area (Å²) < 4.78 is 37.5. The number of hydrogen-bond acceptors (Lipinski definition) is 9. The molecule has 214 valence electrons. The zero-order valence-corrected chi connectivity index (χ0v) is 23.1. The van der Waals surface area contributed by atoms with Crippen molar-refractivity contribution in [2.75, 3.05) is 79.3 Å². The van der Waals surface area contributed by atoms with Crippen molar-refractivity contribution < 1.29 is 42.7 Å². The van der Waals surface area contributed by atoms with Crippen molar-refractivity contribution >= 4 is 11.9 Å². The van der Waals surface area contributed by atoms with Gasteiger partial charge in [0.1, 0.15) is 13.2 Å². The number of ether oxygens (including phenoxy) is 7. The summed E-state index contributed by atoms with van der Waals surface area (Å²) in [5.41, 5.74) is 0. The standard InChI is InChI=1S/C27H52O9/c1-4-7-9-10-12-26(28)35-23-21-33-19-17-31-15-13-30-14-16-32-18-20-34-22-24-36-27(29)25(6-3)11-8-5-2/h25H,4-24H2,1-3H3. The van der Waals surface area contributed by atoms with Crippen LogP contribution in [0.25, 0.3) is 0 Å². The molecule has 0 saturated carbocycles. The molecule has 1 atom stereocenters. The molecule has 0 heterocycles. The van der Waals surface area contributed by atoms with E-state index >= 15 is 0 Å². The highest BCUT2D eigenvalue weighted by Crippen LogP contribution is 2.14. The molecule has 0 aromatic carbocycles. The van der Waals surface area contributed by atoms with Crippen molar-refractivity contribution in [3.63, 3.8) is 0 Å². The minimum atomic E-state index is -0.152. The molecule has 36 heavy (non-hydrogen) atoms. The first kappa shape index (κ1) is 34.7. The van der Waals surface area contributed by atoms with Gasteiger partial charge in [-0.05, 0) is 19.3 Å². The van der Waals surface area contributed by atoms with Crippen molar-refractivity contribution in [3.8, 4) is 0 Å². The van der Waals surface area contributed by atoms with E-state index in [1.807, 2.05) is 6.92 Å². The van der Waals surface area contributed by atoms with E-state index in [9.17, 15) is 9.59 Å². The van der Waals surface area contributed by atoms with Gasteiger partial charge in [0, 0.05) is 6.42 Å². The lowest BCUT2D eigenvalue weighted by atomic mass is 10.00. The number of esters is 2. The number of rotatable bonds is 28. The van der Waals surface area contributed by atoms with Crippen molar-refractivity contribution in [3.05, 3.63) is 0 Å². The lowest BCUT2D eigenvalue weighted by Gasteiger charge is -2.13. The molecule has 0 fully saturated rings. The van der Waals surface area contributed by atoms with Gasteiger partial charge in [0.25, 0.3) is 0 Å². The van der Waals surface area contributed by atoms with Crippen LogP contribution in [0.5, 0.6) is 0 Å². The third-order valence-corrected chi connectivity index (χ3v) is 5.42. The van der Waals surface area contributed by atoms with Gasteiger partial charge in [0.05, 0.1) is 72.0 Å². The Bertz CT molecular complexity index is 488. The molecule has 9 heteroatoms. The Hall–Kier alpha value is -1.26. The third kappa shape index (κ3) is 24.4. The normalized spacial score (nSPS) is 12.0. The van der Waals surface area contributed by atoms with Crippen LogP contribution in [0, 0.1) is 5.92 Å². The van der Waals surface area contributed by atoms with E-state index < -0.39 is 0 Å². The molecule has 0 N–H and O–H groups in total. The fourth-order valence-corrected chi connectivity index (χ4v) is 3.22. The molecule has 0 aliphatic rings. The largest absolute Gasteiger partial charge is 0.463 e. The van der Waals surface area contributed by atoms with Crippen molar-refractivity contribution in [2.45, 2.75) is 78.6 Å². The van der Waals surface area contributed by atoms with E-state index in [0.29, 0.717) is 72.5 Å². The maximum absolute atomic E-state index is 12.0. The van der Waals surface area contributed by atoms with Gasteiger partial charge in [-0.15, -0.1) is 0 Å².